The number of hydrogen-bond donors (Lipinski definition) is 5. The van der Waals surface area contributed by atoms with E-state index in [2.05, 4.69) is 57.5 Å². The van der Waals surface area contributed by atoms with Crippen molar-refractivity contribution >= 4 is 45.0 Å². The second kappa shape index (κ2) is 13.9. The molecular formula is C34H29N5O3S2. The second-order valence-electron chi connectivity index (χ2n) is 9.82. The molecule has 0 saturated heterocycles. The van der Waals surface area contributed by atoms with Crippen LogP contribution in [0.15, 0.2) is 122 Å². The smallest absolute Gasteiger partial charge is 0.284 e. The number of thiophene rings is 2. The maximum absolute atomic E-state index is 12.2. The number of aromatic nitrogens is 1. The van der Waals surface area contributed by atoms with Gasteiger partial charge in [0.1, 0.15) is 5.00 Å². The maximum Gasteiger partial charge on any atom is 0.284 e. The van der Waals surface area contributed by atoms with E-state index in [0.717, 1.165) is 49.4 Å². The quantitative estimate of drug-likeness (QED) is 0.0693. The minimum atomic E-state index is -0.596. The van der Waals surface area contributed by atoms with Gasteiger partial charge in [-0.25, -0.2) is 11.0 Å². The average molecular weight is 620 g/mol. The van der Waals surface area contributed by atoms with Crippen LogP contribution in [0.1, 0.15) is 20.8 Å². The van der Waals surface area contributed by atoms with E-state index in [9.17, 15) is 10.0 Å². The van der Waals surface area contributed by atoms with E-state index in [0.29, 0.717) is 17.2 Å². The Kier molecular flexibility index (Phi) is 9.12. The van der Waals surface area contributed by atoms with Gasteiger partial charge in [0.2, 0.25) is 0 Å². The van der Waals surface area contributed by atoms with E-state index in [1.165, 1.54) is 16.9 Å². The molecule has 6 aromatic rings. The summed E-state index contributed by atoms with van der Waals surface area (Å²) in [5, 5.41) is 16.9. The molecule has 0 aliphatic rings. The van der Waals surface area contributed by atoms with Gasteiger partial charge in [0.25, 0.3) is 5.91 Å². The first-order valence-electron chi connectivity index (χ1n) is 13.9. The molecular weight excluding hydrogens is 591 g/mol. The van der Waals surface area contributed by atoms with E-state index < -0.39 is 5.91 Å². The fourth-order valence-corrected chi connectivity index (χ4v) is 6.29. The largest absolute Gasteiger partial charge is 0.381 e. The zero-order chi connectivity index (χ0) is 30.1. The summed E-state index contributed by atoms with van der Waals surface area (Å²) in [6.45, 7) is 1.45. The molecule has 3 aromatic heterocycles. The Morgan fingerprint density at radius 3 is 2.02 bits per heavy atom. The van der Waals surface area contributed by atoms with Crippen LogP contribution in [-0.2, 0) is 13.1 Å². The van der Waals surface area contributed by atoms with Crippen LogP contribution in [0.25, 0.3) is 20.9 Å². The molecule has 6 rings (SSSR count). The van der Waals surface area contributed by atoms with Crippen molar-refractivity contribution in [2.24, 2.45) is 0 Å². The number of anilines is 3. The van der Waals surface area contributed by atoms with Gasteiger partial charge in [0, 0.05) is 47.8 Å². The zero-order valence-corrected chi connectivity index (χ0v) is 25.1. The minimum absolute atomic E-state index is 0.326. The summed E-state index contributed by atoms with van der Waals surface area (Å²) >= 11 is 2.80. The van der Waals surface area contributed by atoms with E-state index >= 15 is 0 Å². The Labute approximate surface area is 262 Å². The summed E-state index contributed by atoms with van der Waals surface area (Å²) < 4.78 is 0. The van der Waals surface area contributed by atoms with Gasteiger partial charge >= 0.3 is 0 Å². The molecule has 0 radical (unpaired) electrons. The Bertz CT molecular complexity index is 1810. The Morgan fingerprint density at radius 2 is 1.36 bits per heavy atom. The first-order chi connectivity index (χ1) is 21.6. The van der Waals surface area contributed by atoms with Crippen molar-refractivity contribution in [3.63, 3.8) is 0 Å². The number of carbonyl (C=O) groups is 1. The molecule has 0 saturated carbocycles. The third-order valence-corrected chi connectivity index (χ3v) is 8.99. The molecule has 0 aliphatic carbocycles. The topological polar surface area (TPSA) is 108 Å². The summed E-state index contributed by atoms with van der Waals surface area (Å²) in [7, 11) is 0. The molecule has 1 amide bonds. The number of benzene rings is 3. The summed E-state index contributed by atoms with van der Waals surface area (Å²) in [6.07, 6.45) is 3.54. The molecule has 220 valence electrons. The predicted octanol–water partition coefficient (Wildman–Crippen LogP) is 8.29. The molecule has 5 N–H and O–H groups in total. The highest BCUT2D eigenvalue weighted by atomic mass is 32.1. The summed E-state index contributed by atoms with van der Waals surface area (Å²) in [5.74, 6) is -0.114. The van der Waals surface area contributed by atoms with Crippen molar-refractivity contribution < 1.29 is 14.8 Å². The molecule has 0 bridgehead atoms. The lowest BCUT2D eigenvalue weighted by molar-refractivity contribution is 0.0710. The highest BCUT2D eigenvalue weighted by Crippen LogP contribution is 2.40. The molecule has 8 nitrogen and oxygen atoms in total. The Balaban J connectivity index is 1.11. The van der Waals surface area contributed by atoms with Gasteiger partial charge in [-0.05, 0) is 70.8 Å². The van der Waals surface area contributed by atoms with Crippen LogP contribution in [0.3, 0.4) is 0 Å². The van der Waals surface area contributed by atoms with Gasteiger partial charge < -0.3 is 15.5 Å². The highest BCUT2D eigenvalue weighted by Gasteiger charge is 2.18. The third kappa shape index (κ3) is 7.24. The van der Waals surface area contributed by atoms with Crippen LogP contribution in [0.4, 0.5) is 16.4 Å². The fourth-order valence-electron chi connectivity index (χ4n) is 4.47. The van der Waals surface area contributed by atoms with Crippen LogP contribution in [0.2, 0.25) is 0 Å². The summed E-state index contributed by atoms with van der Waals surface area (Å²) in [6, 6.07) is 36.1. The van der Waals surface area contributed by atoms with E-state index in [1.54, 1.807) is 35.3 Å². The maximum atomic E-state index is 12.2. The predicted molar refractivity (Wildman–Crippen MR) is 178 cm³/mol. The number of hydroxylamine groups is 1. The SMILES string of the molecule is O=C(NO)c1cc(ONc2ccc(-c3ccc(NCc4ccccc4)cc3)s2)c(-c2ccc(NCc3ccncc3)cc2)s1. The molecule has 0 spiro atoms. The van der Waals surface area contributed by atoms with Gasteiger partial charge in [0.15, 0.2) is 5.75 Å². The van der Waals surface area contributed by atoms with Crippen molar-refractivity contribution in [3.05, 3.63) is 138 Å². The average Bonchev–Trinajstić information content (AvgIpc) is 3.74. The number of hydrogen-bond acceptors (Lipinski definition) is 9. The number of amides is 1. The van der Waals surface area contributed by atoms with Gasteiger partial charge in [-0.15, -0.1) is 22.7 Å². The van der Waals surface area contributed by atoms with Gasteiger partial charge in [0.05, 0.1) is 9.75 Å². The molecule has 0 atom stereocenters. The zero-order valence-electron chi connectivity index (χ0n) is 23.5. The number of carbonyl (C=O) groups excluding carboxylic acids is 1. The van der Waals surface area contributed by atoms with Crippen molar-refractivity contribution in [1.29, 1.82) is 0 Å². The van der Waals surface area contributed by atoms with Crippen LogP contribution < -0.4 is 26.4 Å². The number of nitrogens with one attached hydrogen (secondary N) is 4. The van der Waals surface area contributed by atoms with Crippen molar-refractivity contribution in [1.82, 2.24) is 10.5 Å². The number of nitrogens with zero attached hydrogens (tertiary/aromatic N) is 1. The van der Waals surface area contributed by atoms with Crippen LogP contribution in [-0.4, -0.2) is 16.1 Å². The van der Waals surface area contributed by atoms with Crippen LogP contribution in [0, 0.1) is 0 Å². The molecule has 0 aliphatic heterocycles. The standard InChI is InChI=1S/C34H29N5O3S2/c40-34(38-41)31-20-29(33(44-31)26-8-12-28(13-9-26)37-22-24-16-18-35-19-17-24)42-39-32-15-14-30(43-32)25-6-10-27(11-7-25)36-21-23-4-2-1-3-5-23/h1-20,36-37,39,41H,21-22H2,(H,38,40). The first kappa shape index (κ1) is 28.9. The Morgan fingerprint density at radius 1 is 0.727 bits per heavy atom. The fraction of sp³-hybridized carbons (Fsp3) is 0.0588. The Hall–Kier alpha value is -5.16. The first-order valence-corrected chi connectivity index (χ1v) is 15.5. The van der Waals surface area contributed by atoms with E-state index in [1.807, 2.05) is 66.7 Å². The van der Waals surface area contributed by atoms with E-state index in [4.69, 9.17) is 4.84 Å². The lowest BCUT2D eigenvalue weighted by Gasteiger charge is -2.09. The summed E-state index contributed by atoms with van der Waals surface area (Å²) in [4.78, 5) is 24.4. The molecule has 0 fully saturated rings. The summed E-state index contributed by atoms with van der Waals surface area (Å²) in [5.41, 5.74) is 11.1. The lowest BCUT2D eigenvalue weighted by Crippen LogP contribution is -2.16. The van der Waals surface area contributed by atoms with E-state index in [-0.39, 0.29) is 0 Å². The van der Waals surface area contributed by atoms with Gasteiger partial charge in [-0.3, -0.25) is 15.0 Å². The lowest BCUT2D eigenvalue weighted by atomic mass is 10.1. The number of rotatable bonds is 12. The molecule has 0 unspecified atom stereocenters. The second-order valence-corrected chi connectivity index (χ2v) is 12.0. The van der Waals surface area contributed by atoms with Crippen molar-refractivity contribution in [2.75, 3.05) is 16.1 Å². The van der Waals surface area contributed by atoms with Crippen LogP contribution >= 0.6 is 22.7 Å². The molecule has 3 aromatic carbocycles. The molecule has 44 heavy (non-hydrogen) atoms. The van der Waals surface area contributed by atoms with Gasteiger partial charge in [-0.1, -0.05) is 54.6 Å². The number of pyridine rings is 1. The van der Waals surface area contributed by atoms with Gasteiger partial charge in [-0.2, -0.15) is 0 Å². The van der Waals surface area contributed by atoms with Crippen molar-refractivity contribution in [3.8, 4) is 26.6 Å². The highest BCUT2D eigenvalue weighted by molar-refractivity contribution is 7.19. The third-order valence-electron chi connectivity index (χ3n) is 6.79. The molecule has 3 heterocycles. The normalized spacial score (nSPS) is 10.7. The monoisotopic (exact) mass is 619 g/mol. The minimum Gasteiger partial charge on any atom is -0.381 e. The van der Waals surface area contributed by atoms with Crippen molar-refractivity contribution in [2.45, 2.75) is 13.1 Å². The molecule has 10 heteroatoms. The van der Waals surface area contributed by atoms with Crippen LogP contribution in [0.5, 0.6) is 5.75 Å².